The fourth-order valence-electron chi connectivity index (χ4n) is 0.926. The van der Waals surface area contributed by atoms with Gasteiger partial charge in [0.2, 0.25) is 5.89 Å². The molecule has 0 aromatic carbocycles. The minimum Gasteiger partial charge on any atom is -0.339 e. The summed E-state index contributed by atoms with van der Waals surface area (Å²) < 4.78 is 5.16. The van der Waals surface area contributed by atoms with E-state index in [2.05, 4.69) is 50.1 Å². The lowest BCUT2D eigenvalue weighted by atomic mass is 9.97. The van der Waals surface area contributed by atoms with Crippen LogP contribution in [0.1, 0.15) is 46.3 Å². The highest BCUT2D eigenvalue weighted by Gasteiger charge is 2.21. The lowest BCUT2D eigenvalue weighted by Crippen LogP contribution is -2.22. The smallest absolute Gasteiger partial charge is 0.232 e. The van der Waals surface area contributed by atoms with Crippen molar-refractivity contribution in [3.05, 3.63) is 11.7 Å². The maximum Gasteiger partial charge on any atom is 0.232 e. The van der Waals surface area contributed by atoms with Crippen molar-refractivity contribution in [2.75, 3.05) is 0 Å². The van der Waals surface area contributed by atoms with E-state index in [4.69, 9.17) is 4.52 Å². The van der Waals surface area contributed by atoms with Crippen LogP contribution in [0.2, 0.25) is 0 Å². The lowest BCUT2D eigenvalue weighted by Gasteiger charge is -2.10. The summed E-state index contributed by atoms with van der Waals surface area (Å²) in [6, 6.07) is 0.437. The highest BCUT2D eigenvalue weighted by molar-refractivity contribution is 4.98. The third-order valence-corrected chi connectivity index (χ3v) is 1.78. The van der Waals surface area contributed by atoms with Crippen LogP contribution in [-0.2, 0) is 12.0 Å². The van der Waals surface area contributed by atoms with Crippen molar-refractivity contribution in [2.24, 2.45) is 0 Å². The standard InChI is InChI=1S/C10H19N3O/c1-7(2)11-6-8-12-9(14-13-8)10(3,4)5/h7,11H,6H2,1-5H3. The van der Waals surface area contributed by atoms with Crippen LogP contribution in [0.5, 0.6) is 0 Å². The Kier molecular flexibility index (Phi) is 3.26. The molecule has 0 aliphatic heterocycles. The van der Waals surface area contributed by atoms with E-state index < -0.39 is 0 Å². The fourth-order valence-corrected chi connectivity index (χ4v) is 0.926. The van der Waals surface area contributed by atoms with Crippen LogP contribution in [0.25, 0.3) is 0 Å². The molecule has 1 aromatic rings. The molecule has 80 valence electrons. The van der Waals surface area contributed by atoms with Gasteiger partial charge in [-0.25, -0.2) is 0 Å². The van der Waals surface area contributed by atoms with E-state index in [-0.39, 0.29) is 5.41 Å². The van der Waals surface area contributed by atoms with Crippen molar-refractivity contribution in [2.45, 2.75) is 52.6 Å². The number of aromatic nitrogens is 2. The van der Waals surface area contributed by atoms with E-state index >= 15 is 0 Å². The Morgan fingerprint density at radius 1 is 1.36 bits per heavy atom. The van der Waals surface area contributed by atoms with Crippen molar-refractivity contribution in [1.82, 2.24) is 15.5 Å². The van der Waals surface area contributed by atoms with E-state index in [1.54, 1.807) is 0 Å². The van der Waals surface area contributed by atoms with Gasteiger partial charge in [-0.2, -0.15) is 4.98 Å². The zero-order valence-electron chi connectivity index (χ0n) is 9.59. The summed E-state index contributed by atoms with van der Waals surface area (Å²) in [4.78, 5) is 4.31. The molecule has 0 spiro atoms. The predicted molar refractivity (Wildman–Crippen MR) is 55.0 cm³/mol. The van der Waals surface area contributed by atoms with E-state index in [9.17, 15) is 0 Å². The first-order chi connectivity index (χ1) is 6.39. The van der Waals surface area contributed by atoms with Crippen LogP contribution in [0.3, 0.4) is 0 Å². The second kappa shape index (κ2) is 4.09. The van der Waals surface area contributed by atoms with Gasteiger partial charge in [0.15, 0.2) is 5.82 Å². The summed E-state index contributed by atoms with van der Waals surface area (Å²) in [6.45, 7) is 11.0. The molecule has 0 unspecified atom stereocenters. The molecular weight excluding hydrogens is 178 g/mol. The van der Waals surface area contributed by atoms with Gasteiger partial charge in [-0.1, -0.05) is 39.8 Å². The molecule has 0 saturated heterocycles. The first-order valence-corrected chi connectivity index (χ1v) is 4.96. The highest BCUT2D eigenvalue weighted by atomic mass is 16.5. The molecule has 1 aromatic heterocycles. The molecule has 0 radical (unpaired) electrons. The lowest BCUT2D eigenvalue weighted by molar-refractivity contribution is 0.317. The van der Waals surface area contributed by atoms with E-state index in [1.165, 1.54) is 0 Å². The second-order valence-electron chi connectivity index (χ2n) is 4.80. The first-order valence-electron chi connectivity index (χ1n) is 4.96. The molecule has 0 aliphatic rings. The molecule has 0 aliphatic carbocycles. The Morgan fingerprint density at radius 2 is 2.00 bits per heavy atom. The summed E-state index contributed by atoms with van der Waals surface area (Å²) in [7, 11) is 0. The van der Waals surface area contributed by atoms with Crippen molar-refractivity contribution in [3.63, 3.8) is 0 Å². The van der Waals surface area contributed by atoms with E-state index in [0.29, 0.717) is 18.5 Å². The Hall–Kier alpha value is -0.900. The van der Waals surface area contributed by atoms with Gasteiger partial charge in [-0.3, -0.25) is 0 Å². The van der Waals surface area contributed by atoms with Gasteiger partial charge in [0.1, 0.15) is 0 Å². The number of hydrogen-bond donors (Lipinski definition) is 1. The molecule has 4 heteroatoms. The Labute approximate surface area is 85.1 Å². The van der Waals surface area contributed by atoms with Crippen LogP contribution in [-0.4, -0.2) is 16.2 Å². The summed E-state index contributed by atoms with van der Waals surface area (Å²) in [6.07, 6.45) is 0. The van der Waals surface area contributed by atoms with Crippen molar-refractivity contribution in [1.29, 1.82) is 0 Å². The van der Waals surface area contributed by atoms with E-state index in [0.717, 1.165) is 5.82 Å². The summed E-state index contributed by atoms with van der Waals surface area (Å²) in [5.41, 5.74) is -0.0664. The average molecular weight is 197 g/mol. The Bertz CT molecular complexity index is 286. The van der Waals surface area contributed by atoms with Crippen molar-refractivity contribution >= 4 is 0 Å². The zero-order valence-corrected chi connectivity index (χ0v) is 9.59. The summed E-state index contributed by atoms with van der Waals surface area (Å²) in [5, 5.41) is 7.15. The minimum atomic E-state index is -0.0664. The maximum atomic E-state index is 5.16. The topological polar surface area (TPSA) is 51.0 Å². The van der Waals surface area contributed by atoms with Crippen LogP contribution in [0, 0.1) is 0 Å². The SMILES string of the molecule is CC(C)NCc1noc(C(C)(C)C)n1. The van der Waals surface area contributed by atoms with Crippen LogP contribution in [0.4, 0.5) is 0 Å². The van der Waals surface area contributed by atoms with Crippen molar-refractivity contribution in [3.8, 4) is 0 Å². The average Bonchev–Trinajstić information content (AvgIpc) is 2.47. The van der Waals surface area contributed by atoms with Gasteiger partial charge in [-0.15, -0.1) is 0 Å². The molecule has 0 bridgehead atoms. The van der Waals surface area contributed by atoms with Gasteiger partial charge in [0.05, 0.1) is 6.54 Å². The third-order valence-electron chi connectivity index (χ3n) is 1.78. The van der Waals surface area contributed by atoms with Gasteiger partial charge >= 0.3 is 0 Å². The van der Waals surface area contributed by atoms with Crippen LogP contribution in [0.15, 0.2) is 4.52 Å². The predicted octanol–water partition coefficient (Wildman–Crippen LogP) is 1.87. The number of rotatable bonds is 3. The highest BCUT2D eigenvalue weighted by Crippen LogP contribution is 2.19. The zero-order chi connectivity index (χ0) is 10.8. The first kappa shape index (κ1) is 11.2. The molecule has 0 saturated carbocycles. The second-order valence-corrected chi connectivity index (χ2v) is 4.80. The van der Waals surface area contributed by atoms with Crippen LogP contribution >= 0.6 is 0 Å². The molecule has 1 rings (SSSR count). The maximum absolute atomic E-state index is 5.16. The Morgan fingerprint density at radius 3 is 2.43 bits per heavy atom. The third kappa shape index (κ3) is 3.10. The number of nitrogens with one attached hydrogen (secondary N) is 1. The molecule has 1 N–H and O–H groups in total. The van der Waals surface area contributed by atoms with Gasteiger partial charge < -0.3 is 9.84 Å². The van der Waals surface area contributed by atoms with Crippen molar-refractivity contribution < 1.29 is 4.52 Å². The summed E-state index contributed by atoms with van der Waals surface area (Å²) in [5.74, 6) is 1.42. The minimum absolute atomic E-state index is 0.0664. The van der Waals surface area contributed by atoms with Gasteiger partial charge in [0.25, 0.3) is 0 Å². The van der Waals surface area contributed by atoms with Gasteiger partial charge in [0, 0.05) is 11.5 Å². The number of hydrogen-bond acceptors (Lipinski definition) is 4. The normalized spacial score (nSPS) is 12.4. The molecule has 1 heterocycles. The summed E-state index contributed by atoms with van der Waals surface area (Å²) >= 11 is 0. The van der Waals surface area contributed by atoms with E-state index in [1.807, 2.05) is 0 Å². The largest absolute Gasteiger partial charge is 0.339 e. The Balaban J connectivity index is 2.60. The molecule has 0 amide bonds. The number of nitrogens with zero attached hydrogens (tertiary/aromatic N) is 2. The quantitative estimate of drug-likeness (QED) is 0.803. The fraction of sp³-hybridized carbons (Fsp3) is 0.800. The van der Waals surface area contributed by atoms with Gasteiger partial charge in [-0.05, 0) is 0 Å². The molecule has 0 fully saturated rings. The molecule has 4 nitrogen and oxygen atoms in total. The molecule has 14 heavy (non-hydrogen) atoms. The molecule has 0 atom stereocenters. The molecular formula is C10H19N3O. The monoisotopic (exact) mass is 197 g/mol. The van der Waals surface area contributed by atoms with Crippen LogP contribution < -0.4 is 5.32 Å².